The summed E-state index contributed by atoms with van der Waals surface area (Å²) in [6.07, 6.45) is -26.9. The molecule has 4 aromatic carbocycles. The van der Waals surface area contributed by atoms with E-state index in [4.69, 9.17) is 28.7 Å². The van der Waals surface area contributed by atoms with Crippen LogP contribution in [0.5, 0.6) is 0 Å². The normalized spacial score (nSPS) is 32.2. The number of hydrogen-bond donors (Lipinski definition) is 18. The summed E-state index contributed by atoms with van der Waals surface area (Å²) in [6.45, 7) is -1.75. The average molecular weight is 1250 g/mol. The molecule has 0 bridgehead atoms. The molecule has 28 nitrogen and oxygen atoms in total. The van der Waals surface area contributed by atoms with E-state index in [-0.39, 0.29) is 53.0 Å². The van der Waals surface area contributed by atoms with Gasteiger partial charge < -0.3 is 112 Å². The number of unbranched alkanes of at least 4 members (excludes halogenated alkanes) is 3. The maximum atomic E-state index is 13.3. The third kappa shape index (κ3) is 16.5. The largest absolute Gasteiger partial charge is 0.394 e. The summed E-state index contributed by atoms with van der Waals surface area (Å²) >= 11 is 0. The zero-order valence-corrected chi connectivity index (χ0v) is 48.3. The van der Waals surface area contributed by atoms with Crippen LogP contribution in [0.2, 0.25) is 0 Å². The Bertz CT molecular complexity index is 2960. The summed E-state index contributed by atoms with van der Waals surface area (Å²) in [6, 6.07) is 24.4. The highest BCUT2D eigenvalue weighted by Crippen LogP contribution is 2.39. The Labute approximate surface area is 511 Å². The molecular formula is C61H80N4O24. The lowest BCUT2D eigenvalue weighted by atomic mass is 9.90. The smallest absolute Gasteiger partial charge is 0.251 e. The van der Waals surface area contributed by atoms with E-state index in [9.17, 15) is 90.7 Å². The molecule has 4 aliphatic rings. The maximum Gasteiger partial charge on any atom is 0.251 e. The highest BCUT2D eigenvalue weighted by molar-refractivity contribution is 5.96. The Morgan fingerprint density at radius 1 is 0.326 bits per heavy atom. The van der Waals surface area contributed by atoms with E-state index in [2.05, 4.69) is 21.3 Å². The van der Waals surface area contributed by atoms with Gasteiger partial charge in [-0.25, -0.2) is 9.78 Å². The van der Waals surface area contributed by atoms with Crippen LogP contribution < -0.4 is 21.3 Å². The van der Waals surface area contributed by atoms with Crippen LogP contribution in [0.25, 0.3) is 0 Å². The second-order valence-corrected chi connectivity index (χ2v) is 22.4. The first-order chi connectivity index (χ1) is 42.8. The molecule has 4 aliphatic heterocycles. The van der Waals surface area contributed by atoms with Gasteiger partial charge in [0.2, 0.25) is 0 Å². The lowest BCUT2D eigenvalue weighted by molar-refractivity contribution is -0.427. The average Bonchev–Trinajstić information content (AvgIpc) is 1.23. The first-order valence-electron chi connectivity index (χ1n) is 29.5. The van der Waals surface area contributed by atoms with Crippen LogP contribution >= 0.6 is 0 Å². The Balaban J connectivity index is 0.785. The lowest BCUT2D eigenvalue weighted by Crippen LogP contribution is -2.59. The van der Waals surface area contributed by atoms with Crippen molar-refractivity contribution >= 4 is 23.6 Å². The van der Waals surface area contributed by atoms with Gasteiger partial charge in [-0.15, -0.1) is 0 Å². The summed E-state index contributed by atoms with van der Waals surface area (Å²) < 4.78 is 23.0. The summed E-state index contributed by atoms with van der Waals surface area (Å²) in [7, 11) is 0. The molecule has 18 N–H and O–H groups in total. The second-order valence-electron chi connectivity index (χ2n) is 22.4. The molecule has 20 unspecified atom stereocenters. The van der Waals surface area contributed by atoms with Gasteiger partial charge in [-0.2, -0.15) is 0 Å². The van der Waals surface area contributed by atoms with Crippen LogP contribution in [0, 0.1) is 0 Å². The molecule has 488 valence electrons. The highest BCUT2D eigenvalue weighted by Gasteiger charge is 2.51. The molecular weight excluding hydrogens is 1170 g/mol. The molecule has 0 aromatic heterocycles. The third-order valence-corrected chi connectivity index (χ3v) is 16.3. The van der Waals surface area contributed by atoms with Gasteiger partial charge in [0.1, 0.15) is 122 Å². The molecule has 0 saturated carbocycles. The van der Waals surface area contributed by atoms with Gasteiger partial charge in [0.05, 0.1) is 26.4 Å². The number of aliphatic hydroxyl groups excluding tert-OH is 14. The fraction of sp³-hybridized carbons (Fsp3) is 0.541. The Kier molecular flexibility index (Phi) is 25.0. The van der Waals surface area contributed by atoms with E-state index in [1.54, 1.807) is 30.3 Å². The highest BCUT2D eigenvalue weighted by atomic mass is 17.2. The van der Waals surface area contributed by atoms with Gasteiger partial charge in [0.25, 0.3) is 23.6 Å². The summed E-state index contributed by atoms with van der Waals surface area (Å²) in [5.41, 5.74) is 2.01. The van der Waals surface area contributed by atoms with Crippen molar-refractivity contribution in [1.82, 2.24) is 21.3 Å². The molecule has 4 heterocycles. The number of ether oxygens (including phenoxy) is 4. The maximum absolute atomic E-state index is 13.3. The number of carbonyl (C=O) groups excluding carboxylic acids is 4. The van der Waals surface area contributed by atoms with Gasteiger partial charge >= 0.3 is 0 Å². The first kappa shape index (κ1) is 68.9. The molecule has 28 heteroatoms. The van der Waals surface area contributed by atoms with Gasteiger partial charge in [-0.05, 0) is 103 Å². The van der Waals surface area contributed by atoms with Gasteiger partial charge in [0.15, 0.2) is 0 Å². The van der Waals surface area contributed by atoms with E-state index in [0.29, 0.717) is 49.8 Å². The van der Waals surface area contributed by atoms with Crippen molar-refractivity contribution in [2.45, 2.75) is 154 Å². The van der Waals surface area contributed by atoms with Crippen molar-refractivity contribution in [2.24, 2.45) is 0 Å². The molecule has 0 radical (unpaired) electrons. The number of benzene rings is 4. The van der Waals surface area contributed by atoms with Crippen molar-refractivity contribution in [3.8, 4) is 0 Å². The zero-order valence-electron chi connectivity index (χ0n) is 48.3. The van der Waals surface area contributed by atoms with E-state index < -0.39 is 172 Å². The molecule has 89 heavy (non-hydrogen) atoms. The molecule has 4 aromatic rings. The quantitative estimate of drug-likeness (QED) is 0.0166. The minimum absolute atomic E-state index is 0.153. The van der Waals surface area contributed by atoms with Crippen LogP contribution in [0.4, 0.5) is 0 Å². The van der Waals surface area contributed by atoms with Crippen molar-refractivity contribution in [1.29, 1.82) is 0 Å². The fourth-order valence-corrected chi connectivity index (χ4v) is 11.2. The Morgan fingerprint density at radius 2 is 0.573 bits per heavy atom. The Morgan fingerprint density at radius 3 is 0.843 bits per heavy atom. The molecule has 20 atom stereocenters. The summed E-state index contributed by atoms with van der Waals surface area (Å²) in [5.74, 6) is -1.83. The number of hydrogen-bond acceptors (Lipinski definition) is 24. The van der Waals surface area contributed by atoms with Gasteiger partial charge in [-0.1, -0.05) is 48.5 Å². The lowest BCUT2D eigenvalue weighted by Gasteiger charge is -2.44. The van der Waals surface area contributed by atoms with Crippen molar-refractivity contribution < 1.29 is 119 Å². The topological polar surface area (TPSA) is 455 Å². The monoisotopic (exact) mass is 1250 g/mol. The molecule has 0 aliphatic carbocycles. The number of rotatable bonds is 26. The van der Waals surface area contributed by atoms with E-state index in [1.165, 1.54) is 66.7 Å². The van der Waals surface area contributed by atoms with Crippen LogP contribution in [0.15, 0.2) is 97.1 Å². The van der Waals surface area contributed by atoms with Gasteiger partial charge in [-0.3, -0.25) is 19.2 Å². The Hall–Kier alpha value is -6.04. The standard InChI is InChI=1S/C61H80N4O24/c66-26-38-42(70)46(74)48(76)52(84-38)30-10-6-14-34(22-30)58(80)62-18-2-1-3-19-63-59(81)36-16-8-12-32(24-36)54-50(78)56(44(72)40(28-68)86-54)88-89-57-45(73)41(29-69)87-55(51(57)79)33-13-9-17-37(25-33)61(83)65-21-5-4-20-64-60(82)35-15-7-11-31(23-35)53-49(77)47(75)43(71)39(27-67)85-53/h6-17,22-25,38-57,66-79H,1-5,18-21,26-29H2,(H,62,80)(H,63,81)(H,64,82)(H,65,83). The van der Waals surface area contributed by atoms with E-state index >= 15 is 0 Å². The molecule has 8 rings (SSSR count). The molecule has 4 saturated heterocycles. The summed E-state index contributed by atoms with van der Waals surface area (Å²) in [5, 5.41) is 158. The second kappa shape index (κ2) is 32.3. The molecule has 0 spiro atoms. The zero-order chi connectivity index (χ0) is 64.1. The van der Waals surface area contributed by atoms with Crippen LogP contribution in [-0.4, -0.2) is 245 Å². The predicted octanol–water partition coefficient (Wildman–Crippen LogP) is -3.32. The van der Waals surface area contributed by atoms with Crippen molar-refractivity contribution in [2.75, 3.05) is 52.6 Å². The predicted molar refractivity (Wildman–Crippen MR) is 307 cm³/mol. The third-order valence-electron chi connectivity index (χ3n) is 16.3. The molecule has 4 fully saturated rings. The fourth-order valence-electron chi connectivity index (χ4n) is 11.2. The van der Waals surface area contributed by atoms with Crippen LogP contribution in [-0.2, 0) is 28.7 Å². The number of carbonyl (C=O) groups is 4. The van der Waals surface area contributed by atoms with E-state index in [1.807, 2.05) is 0 Å². The number of aliphatic hydroxyl groups is 14. The van der Waals surface area contributed by atoms with Gasteiger partial charge in [0, 0.05) is 48.4 Å². The summed E-state index contributed by atoms with van der Waals surface area (Å²) in [4.78, 5) is 63.9. The molecule has 4 amide bonds. The minimum Gasteiger partial charge on any atom is -0.394 e. The van der Waals surface area contributed by atoms with Crippen LogP contribution in [0.3, 0.4) is 0 Å². The number of nitrogens with one attached hydrogen (secondary N) is 4. The van der Waals surface area contributed by atoms with E-state index in [0.717, 1.165) is 0 Å². The van der Waals surface area contributed by atoms with Crippen LogP contribution in [0.1, 0.15) is 120 Å². The first-order valence-corrected chi connectivity index (χ1v) is 29.5. The SMILES string of the molecule is O=C(NCCCCCNC(=O)c1cccc(C2OC(CO)C(O)C(OOC3C(O)C(CO)OC(c4cccc(C(=O)NCCCCNC(=O)c5cccc(C6OC(CO)C(O)C(O)C6O)c5)c4)C3O)C2O)c1)c1cccc(C2OC(CO)C(O)C(O)C2O)c1. The van der Waals surface area contributed by atoms with Crippen molar-refractivity contribution in [3.05, 3.63) is 142 Å². The minimum atomic E-state index is -1.75. The van der Waals surface area contributed by atoms with Crippen molar-refractivity contribution in [3.63, 3.8) is 0 Å². The number of amides is 4.